The molecule has 0 aliphatic carbocycles. The first kappa shape index (κ1) is 13.1. The van der Waals surface area contributed by atoms with Gasteiger partial charge in [-0.15, -0.1) is 0 Å². The first-order valence-corrected chi connectivity index (χ1v) is 4.44. The maximum Gasteiger partial charge on any atom is 0.323 e. The molecule has 0 radical (unpaired) electrons. The molecule has 0 aromatic heterocycles. The monoisotopic (exact) mass is 203 g/mol. The zero-order valence-corrected chi connectivity index (χ0v) is 8.83. The van der Waals surface area contributed by atoms with Gasteiger partial charge in [-0.05, 0) is 14.0 Å². The van der Waals surface area contributed by atoms with Gasteiger partial charge in [0.25, 0.3) is 0 Å². The second-order valence-corrected chi connectivity index (χ2v) is 2.91. The molecule has 1 N–H and O–H groups in total. The lowest BCUT2D eigenvalue weighted by molar-refractivity contribution is -0.148. The van der Waals surface area contributed by atoms with E-state index in [2.05, 4.69) is 5.32 Å². The molecule has 0 fully saturated rings. The van der Waals surface area contributed by atoms with E-state index in [1.54, 1.807) is 7.05 Å². The van der Waals surface area contributed by atoms with Crippen LogP contribution in [0.5, 0.6) is 0 Å². The number of esters is 1. The van der Waals surface area contributed by atoms with Crippen molar-refractivity contribution in [2.45, 2.75) is 19.4 Å². The number of rotatable bonds is 7. The second kappa shape index (κ2) is 7.46. The van der Waals surface area contributed by atoms with Gasteiger partial charge in [0.15, 0.2) is 0 Å². The van der Waals surface area contributed by atoms with Gasteiger partial charge in [0, 0.05) is 13.5 Å². The van der Waals surface area contributed by atoms with Crippen molar-refractivity contribution in [3.8, 4) is 0 Å². The summed E-state index contributed by atoms with van der Waals surface area (Å²) in [5, 5.41) is 2.72. The Labute approximate surface area is 83.8 Å². The smallest absolute Gasteiger partial charge is 0.323 e. The quantitative estimate of drug-likeness (QED) is 0.456. The van der Waals surface area contributed by atoms with Crippen LogP contribution in [0.15, 0.2) is 0 Å². The Morgan fingerprint density at radius 3 is 2.43 bits per heavy atom. The molecule has 0 heterocycles. The van der Waals surface area contributed by atoms with Crippen LogP contribution in [0, 0.1) is 0 Å². The second-order valence-electron chi connectivity index (χ2n) is 2.91. The molecule has 0 aromatic carbocycles. The Bertz CT molecular complexity index is 193. The fourth-order valence-electron chi connectivity index (χ4n) is 0.917. The van der Waals surface area contributed by atoms with Gasteiger partial charge in [-0.3, -0.25) is 9.59 Å². The van der Waals surface area contributed by atoms with Crippen LogP contribution < -0.4 is 5.32 Å². The largest absolute Gasteiger partial charge is 0.462 e. The fraction of sp³-hybridized carbons (Fsp3) is 0.778. The summed E-state index contributed by atoms with van der Waals surface area (Å²) in [6.07, 6.45) is 0.155. The molecule has 5 heteroatoms. The zero-order valence-electron chi connectivity index (χ0n) is 8.83. The first-order valence-electron chi connectivity index (χ1n) is 4.44. The van der Waals surface area contributed by atoms with E-state index < -0.39 is 12.0 Å². The molecule has 0 rings (SSSR count). The molecule has 0 saturated carbocycles. The van der Waals surface area contributed by atoms with Crippen LogP contribution >= 0.6 is 0 Å². The number of ketones is 1. The van der Waals surface area contributed by atoms with Gasteiger partial charge in [0.1, 0.15) is 18.4 Å². The molecule has 14 heavy (non-hydrogen) atoms. The van der Waals surface area contributed by atoms with Crippen molar-refractivity contribution in [3.63, 3.8) is 0 Å². The zero-order chi connectivity index (χ0) is 11.0. The summed E-state index contributed by atoms with van der Waals surface area (Å²) in [7, 11) is 3.14. The highest BCUT2D eigenvalue weighted by atomic mass is 16.6. The summed E-state index contributed by atoms with van der Waals surface area (Å²) in [4.78, 5) is 22.1. The van der Waals surface area contributed by atoms with Gasteiger partial charge in [-0.1, -0.05) is 0 Å². The molecule has 0 amide bonds. The van der Waals surface area contributed by atoms with E-state index >= 15 is 0 Å². The maximum atomic E-state index is 11.3. The van der Waals surface area contributed by atoms with Gasteiger partial charge in [0.2, 0.25) is 0 Å². The Morgan fingerprint density at radius 2 is 2.00 bits per heavy atom. The normalized spacial score (nSPS) is 12.2. The highest BCUT2D eigenvalue weighted by molar-refractivity contribution is 5.85. The number of carbonyl (C=O) groups excluding carboxylic acids is 2. The molecule has 0 aromatic rings. The highest BCUT2D eigenvalue weighted by Crippen LogP contribution is 1.96. The number of ether oxygens (including phenoxy) is 2. The van der Waals surface area contributed by atoms with Crippen molar-refractivity contribution in [1.82, 2.24) is 5.32 Å². The lowest BCUT2D eigenvalue weighted by Gasteiger charge is -2.13. The van der Waals surface area contributed by atoms with Gasteiger partial charge >= 0.3 is 5.97 Å². The van der Waals surface area contributed by atoms with Crippen molar-refractivity contribution in [2.24, 2.45) is 0 Å². The van der Waals surface area contributed by atoms with Crippen molar-refractivity contribution >= 4 is 11.8 Å². The Kier molecular flexibility index (Phi) is 6.96. The average molecular weight is 203 g/mol. The predicted octanol–water partition coefficient (Wildman–Crippen LogP) is -0.257. The Balaban J connectivity index is 3.85. The summed E-state index contributed by atoms with van der Waals surface area (Å²) in [5.41, 5.74) is 0. The van der Waals surface area contributed by atoms with Crippen LogP contribution in [0.25, 0.3) is 0 Å². The number of methoxy groups -OCH3 is 1. The van der Waals surface area contributed by atoms with Gasteiger partial charge in [0.05, 0.1) is 6.61 Å². The summed E-state index contributed by atoms with van der Waals surface area (Å²) in [6.45, 7) is 2.01. The molecular weight excluding hydrogens is 186 g/mol. The molecular formula is C9H17NO4. The fourth-order valence-corrected chi connectivity index (χ4v) is 0.917. The van der Waals surface area contributed by atoms with Crippen LogP contribution in [0.1, 0.15) is 13.3 Å². The van der Waals surface area contributed by atoms with Crippen LogP contribution in [-0.2, 0) is 19.1 Å². The summed E-state index contributed by atoms with van der Waals surface area (Å²) in [6, 6.07) is -0.552. The van der Waals surface area contributed by atoms with Crippen LogP contribution in [0.4, 0.5) is 0 Å². The molecule has 0 aliphatic rings. The number of Topliss-reactive ketones (excluding diaryl/α,β-unsaturated/α-hetero) is 1. The summed E-state index contributed by atoms with van der Waals surface area (Å²) >= 11 is 0. The van der Waals surface area contributed by atoms with Crippen LogP contribution in [0.2, 0.25) is 0 Å². The minimum absolute atomic E-state index is 0.0481. The Hall–Kier alpha value is -0.940. The van der Waals surface area contributed by atoms with Gasteiger partial charge in [-0.2, -0.15) is 0 Å². The minimum Gasteiger partial charge on any atom is -0.462 e. The number of nitrogens with one attached hydrogen (secondary N) is 1. The Morgan fingerprint density at radius 1 is 1.36 bits per heavy atom. The standard InChI is InChI=1S/C9H17NO4/c1-7(11)6-8(10-2)9(12)14-5-4-13-3/h8,10H,4-6H2,1-3H3. The number of likely N-dealkylation sites (N-methyl/N-ethyl adjacent to an activating group) is 1. The molecule has 82 valence electrons. The number of hydrogen-bond donors (Lipinski definition) is 1. The molecule has 0 aliphatic heterocycles. The lowest BCUT2D eigenvalue weighted by atomic mass is 10.1. The minimum atomic E-state index is -0.552. The lowest BCUT2D eigenvalue weighted by Crippen LogP contribution is -2.37. The SMILES string of the molecule is CNC(CC(C)=O)C(=O)OCCOC. The third-order valence-electron chi connectivity index (χ3n) is 1.66. The number of carbonyl (C=O) groups is 2. The maximum absolute atomic E-state index is 11.3. The van der Waals surface area contributed by atoms with E-state index in [1.807, 2.05) is 0 Å². The van der Waals surface area contributed by atoms with E-state index in [-0.39, 0.29) is 18.8 Å². The third kappa shape index (κ3) is 5.66. The van der Waals surface area contributed by atoms with Crippen LogP contribution in [-0.4, -0.2) is 45.2 Å². The van der Waals surface area contributed by atoms with E-state index in [4.69, 9.17) is 9.47 Å². The van der Waals surface area contributed by atoms with Crippen molar-refractivity contribution in [1.29, 1.82) is 0 Å². The van der Waals surface area contributed by atoms with Gasteiger partial charge < -0.3 is 14.8 Å². The topological polar surface area (TPSA) is 64.6 Å². The molecule has 0 saturated heterocycles. The molecule has 0 spiro atoms. The number of hydrogen-bond acceptors (Lipinski definition) is 5. The van der Waals surface area contributed by atoms with Crippen LogP contribution in [0.3, 0.4) is 0 Å². The van der Waals surface area contributed by atoms with Crippen molar-refractivity contribution < 1.29 is 19.1 Å². The third-order valence-corrected chi connectivity index (χ3v) is 1.66. The predicted molar refractivity (Wildman–Crippen MR) is 51.0 cm³/mol. The first-order chi connectivity index (χ1) is 6.61. The van der Waals surface area contributed by atoms with E-state index in [0.717, 1.165) is 0 Å². The van der Waals surface area contributed by atoms with E-state index in [9.17, 15) is 9.59 Å². The van der Waals surface area contributed by atoms with E-state index in [0.29, 0.717) is 6.61 Å². The van der Waals surface area contributed by atoms with Crippen molar-refractivity contribution in [3.05, 3.63) is 0 Å². The molecule has 0 bridgehead atoms. The van der Waals surface area contributed by atoms with Gasteiger partial charge in [-0.25, -0.2) is 0 Å². The average Bonchev–Trinajstić information content (AvgIpc) is 2.14. The molecule has 5 nitrogen and oxygen atoms in total. The van der Waals surface area contributed by atoms with Crippen molar-refractivity contribution in [2.75, 3.05) is 27.4 Å². The summed E-state index contributed by atoms with van der Waals surface area (Å²) < 4.78 is 9.58. The highest BCUT2D eigenvalue weighted by Gasteiger charge is 2.19. The summed E-state index contributed by atoms with van der Waals surface area (Å²) in [5.74, 6) is -0.465. The molecule has 1 unspecified atom stereocenters. The molecule has 1 atom stereocenters. The van der Waals surface area contributed by atoms with E-state index in [1.165, 1.54) is 14.0 Å².